The summed E-state index contributed by atoms with van der Waals surface area (Å²) in [4.78, 5) is 25.6. The number of halogens is 2. The summed E-state index contributed by atoms with van der Waals surface area (Å²) < 4.78 is 28.9. The van der Waals surface area contributed by atoms with E-state index in [4.69, 9.17) is 0 Å². The molecule has 0 radical (unpaired) electrons. The number of para-hydroxylation sites is 1. The average Bonchev–Trinajstić information content (AvgIpc) is 3.23. The molecule has 1 aliphatic carbocycles. The molecule has 3 rings (SSSR count). The standard InChI is InChI=1S/C15H16F2N2O3/c16-14(17)22-11-4-2-1-3-10(11)13(21)18-7-12(20)19-8-15(9-19)5-6-15/h1-4,14H,5-9H2,(H,18,21). The molecule has 0 bridgehead atoms. The number of amides is 2. The second-order valence-electron chi connectivity index (χ2n) is 5.81. The number of nitrogens with zero attached hydrogens (tertiary/aromatic N) is 1. The molecule has 1 aromatic carbocycles. The van der Waals surface area contributed by atoms with Gasteiger partial charge in [0.05, 0.1) is 12.1 Å². The third-order valence-electron chi connectivity index (χ3n) is 4.11. The molecule has 2 amide bonds. The van der Waals surface area contributed by atoms with Crippen molar-refractivity contribution in [2.45, 2.75) is 19.5 Å². The van der Waals surface area contributed by atoms with Gasteiger partial charge in [0.2, 0.25) is 5.91 Å². The van der Waals surface area contributed by atoms with Crippen molar-refractivity contribution in [3.63, 3.8) is 0 Å². The highest BCUT2D eigenvalue weighted by atomic mass is 19.3. The predicted molar refractivity (Wildman–Crippen MR) is 73.7 cm³/mol. The normalized spacial score (nSPS) is 18.0. The third kappa shape index (κ3) is 3.03. The van der Waals surface area contributed by atoms with E-state index in [0.717, 1.165) is 13.1 Å². The Morgan fingerprint density at radius 1 is 1.27 bits per heavy atom. The molecule has 1 aromatic rings. The molecule has 22 heavy (non-hydrogen) atoms. The number of carbonyl (C=O) groups excluding carboxylic acids is 2. The number of carbonyl (C=O) groups is 2. The fraction of sp³-hybridized carbons (Fsp3) is 0.467. The van der Waals surface area contributed by atoms with Crippen LogP contribution < -0.4 is 10.1 Å². The fourth-order valence-electron chi connectivity index (χ4n) is 2.65. The van der Waals surface area contributed by atoms with E-state index in [1.807, 2.05) is 0 Å². The van der Waals surface area contributed by atoms with Gasteiger partial charge in [-0.1, -0.05) is 12.1 Å². The highest BCUT2D eigenvalue weighted by Gasteiger charge is 2.53. The van der Waals surface area contributed by atoms with Gasteiger partial charge < -0.3 is 15.0 Å². The van der Waals surface area contributed by atoms with Crippen LogP contribution in [0, 0.1) is 5.41 Å². The second kappa shape index (κ2) is 5.55. The van der Waals surface area contributed by atoms with Crippen LogP contribution in [0.4, 0.5) is 8.78 Å². The third-order valence-corrected chi connectivity index (χ3v) is 4.11. The van der Waals surface area contributed by atoms with E-state index in [1.165, 1.54) is 31.0 Å². The minimum absolute atomic E-state index is 0.0159. The lowest BCUT2D eigenvalue weighted by molar-refractivity contribution is -0.137. The zero-order valence-electron chi connectivity index (χ0n) is 11.9. The van der Waals surface area contributed by atoms with Crippen LogP contribution in [-0.2, 0) is 4.79 Å². The van der Waals surface area contributed by atoms with Gasteiger partial charge in [0.15, 0.2) is 0 Å². The van der Waals surface area contributed by atoms with E-state index in [-0.39, 0.29) is 23.8 Å². The maximum absolute atomic E-state index is 12.3. The average molecular weight is 310 g/mol. The highest BCUT2D eigenvalue weighted by Crippen LogP contribution is 2.52. The minimum Gasteiger partial charge on any atom is -0.434 e. The van der Waals surface area contributed by atoms with Gasteiger partial charge in [-0.15, -0.1) is 0 Å². The summed E-state index contributed by atoms with van der Waals surface area (Å²) in [5.74, 6) is -0.965. The first kappa shape index (κ1) is 14.7. The minimum atomic E-state index is -3.01. The van der Waals surface area contributed by atoms with E-state index in [9.17, 15) is 18.4 Å². The molecule has 1 saturated carbocycles. The molecule has 5 nitrogen and oxygen atoms in total. The number of rotatable bonds is 5. The van der Waals surface area contributed by atoms with Crippen molar-refractivity contribution in [2.24, 2.45) is 5.41 Å². The highest BCUT2D eigenvalue weighted by molar-refractivity contribution is 5.98. The van der Waals surface area contributed by atoms with Crippen LogP contribution in [0.3, 0.4) is 0 Å². The van der Waals surface area contributed by atoms with Crippen LogP contribution >= 0.6 is 0 Å². The lowest BCUT2D eigenvalue weighted by Gasteiger charge is -2.40. The number of alkyl halides is 2. The fourth-order valence-corrected chi connectivity index (χ4v) is 2.65. The summed E-state index contributed by atoms with van der Waals surface area (Å²) in [6.07, 6.45) is 2.34. The number of hydrogen-bond donors (Lipinski definition) is 1. The molecule has 1 saturated heterocycles. The Balaban J connectivity index is 1.54. The molecule has 2 fully saturated rings. The number of nitrogens with one attached hydrogen (secondary N) is 1. The predicted octanol–water partition coefficient (Wildman–Crippen LogP) is 1.64. The second-order valence-corrected chi connectivity index (χ2v) is 5.81. The van der Waals surface area contributed by atoms with Crippen molar-refractivity contribution in [3.05, 3.63) is 29.8 Å². The van der Waals surface area contributed by atoms with Gasteiger partial charge in [-0.3, -0.25) is 9.59 Å². The summed E-state index contributed by atoms with van der Waals surface area (Å²) >= 11 is 0. The van der Waals surface area contributed by atoms with E-state index in [0.29, 0.717) is 5.41 Å². The molecule has 0 unspecified atom stereocenters. The Labute approximate surface area is 126 Å². The lowest BCUT2D eigenvalue weighted by Crippen LogP contribution is -2.54. The Bertz CT molecular complexity index is 594. The Kier molecular flexibility index (Phi) is 3.72. The summed E-state index contributed by atoms with van der Waals surface area (Å²) in [7, 11) is 0. The Morgan fingerprint density at radius 2 is 1.95 bits per heavy atom. The zero-order valence-corrected chi connectivity index (χ0v) is 11.9. The molecular formula is C15H16F2N2O3. The van der Waals surface area contributed by atoms with Crippen molar-refractivity contribution in [3.8, 4) is 5.75 Å². The van der Waals surface area contributed by atoms with Crippen molar-refractivity contribution in [1.29, 1.82) is 0 Å². The number of benzene rings is 1. The first-order chi connectivity index (χ1) is 10.5. The van der Waals surface area contributed by atoms with Gasteiger partial charge in [-0.25, -0.2) is 0 Å². The molecule has 7 heteroatoms. The topological polar surface area (TPSA) is 58.6 Å². The van der Waals surface area contributed by atoms with E-state index in [1.54, 1.807) is 11.0 Å². The monoisotopic (exact) mass is 310 g/mol. The molecule has 1 N–H and O–H groups in total. The molecule has 1 aliphatic heterocycles. The van der Waals surface area contributed by atoms with E-state index >= 15 is 0 Å². The molecule has 0 aromatic heterocycles. The Morgan fingerprint density at radius 3 is 2.59 bits per heavy atom. The summed E-state index contributed by atoms with van der Waals surface area (Å²) in [5, 5.41) is 2.45. The van der Waals surface area contributed by atoms with Gasteiger partial charge in [0.1, 0.15) is 5.75 Å². The molecule has 1 spiro atoms. The number of likely N-dealkylation sites (tertiary alicyclic amines) is 1. The largest absolute Gasteiger partial charge is 0.434 e. The van der Waals surface area contributed by atoms with Crippen molar-refractivity contribution >= 4 is 11.8 Å². The van der Waals surface area contributed by atoms with Crippen molar-refractivity contribution < 1.29 is 23.1 Å². The van der Waals surface area contributed by atoms with Crippen LogP contribution in [0.1, 0.15) is 23.2 Å². The first-order valence-electron chi connectivity index (χ1n) is 7.09. The zero-order chi connectivity index (χ0) is 15.7. The van der Waals surface area contributed by atoms with Crippen molar-refractivity contribution in [1.82, 2.24) is 10.2 Å². The van der Waals surface area contributed by atoms with Crippen molar-refractivity contribution in [2.75, 3.05) is 19.6 Å². The van der Waals surface area contributed by atoms with Crippen LogP contribution in [0.15, 0.2) is 24.3 Å². The first-order valence-corrected chi connectivity index (χ1v) is 7.09. The van der Waals surface area contributed by atoms with E-state index in [2.05, 4.69) is 10.1 Å². The molecule has 0 atom stereocenters. The van der Waals surface area contributed by atoms with Crippen LogP contribution in [0.2, 0.25) is 0 Å². The maximum atomic E-state index is 12.3. The number of ether oxygens (including phenoxy) is 1. The summed E-state index contributed by atoms with van der Waals surface area (Å²) in [6.45, 7) is -1.64. The molecule has 1 heterocycles. The lowest BCUT2D eigenvalue weighted by atomic mass is 9.97. The number of hydrogen-bond acceptors (Lipinski definition) is 3. The summed E-state index contributed by atoms with van der Waals surface area (Å²) in [5.41, 5.74) is 0.343. The van der Waals surface area contributed by atoms with Crippen LogP contribution in [0.25, 0.3) is 0 Å². The molecule has 118 valence electrons. The van der Waals surface area contributed by atoms with Crippen LogP contribution in [-0.4, -0.2) is 43.0 Å². The van der Waals surface area contributed by atoms with Gasteiger partial charge in [-0.2, -0.15) is 8.78 Å². The quantitative estimate of drug-likeness (QED) is 0.899. The molecule has 2 aliphatic rings. The van der Waals surface area contributed by atoms with Gasteiger partial charge in [0, 0.05) is 18.5 Å². The summed E-state index contributed by atoms with van der Waals surface area (Å²) in [6, 6.07) is 5.70. The Hall–Kier alpha value is -2.18. The van der Waals surface area contributed by atoms with Gasteiger partial charge in [0.25, 0.3) is 5.91 Å². The maximum Gasteiger partial charge on any atom is 0.387 e. The van der Waals surface area contributed by atoms with Gasteiger partial charge in [-0.05, 0) is 25.0 Å². The van der Waals surface area contributed by atoms with Crippen LogP contribution in [0.5, 0.6) is 5.75 Å². The van der Waals surface area contributed by atoms with E-state index < -0.39 is 12.5 Å². The van der Waals surface area contributed by atoms with Gasteiger partial charge >= 0.3 is 6.61 Å². The SMILES string of the molecule is O=C(NCC(=O)N1CC2(CC2)C1)c1ccccc1OC(F)F. The molecular weight excluding hydrogens is 294 g/mol. The smallest absolute Gasteiger partial charge is 0.387 e.